The normalized spacial score (nSPS) is 9.75. The summed E-state index contributed by atoms with van der Waals surface area (Å²) >= 11 is 0. The highest BCUT2D eigenvalue weighted by Crippen LogP contribution is 2.02. The van der Waals surface area contributed by atoms with Crippen LogP contribution in [0.5, 0.6) is 0 Å². The average molecular weight is 164 g/mol. The van der Waals surface area contributed by atoms with Gasteiger partial charge >= 0.3 is 0 Å². The van der Waals surface area contributed by atoms with Crippen LogP contribution in [0, 0.1) is 0 Å². The predicted molar refractivity (Wildman–Crippen MR) is 49.6 cm³/mol. The molecule has 0 radical (unpaired) electrons. The van der Waals surface area contributed by atoms with Gasteiger partial charge in [-0.2, -0.15) is 0 Å². The lowest BCUT2D eigenvalue weighted by molar-refractivity contribution is 0.715. The van der Waals surface area contributed by atoms with Crippen molar-refractivity contribution in [1.82, 2.24) is 4.57 Å². The van der Waals surface area contributed by atoms with Crippen LogP contribution in [0.3, 0.4) is 0 Å². The van der Waals surface area contributed by atoms with Crippen molar-refractivity contribution in [2.24, 2.45) is 5.73 Å². The number of hydrogen-bond donors (Lipinski definition) is 1. The molecule has 0 unspecified atom stereocenters. The van der Waals surface area contributed by atoms with Gasteiger partial charge in [-0.05, 0) is 13.0 Å². The van der Waals surface area contributed by atoms with E-state index in [2.05, 4.69) is 6.58 Å². The van der Waals surface area contributed by atoms with Crippen molar-refractivity contribution in [1.29, 1.82) is 0 Å². The van der Waals surface area contributed by atoms with Gasteiger partial charge in [0, 0.05) is 18.3 Å². The van der Waals surface area contributed by atoms with E-state index in [1.54, 1.807) is 16.7 Å². The van der Waals surface area contributed by atoms with Crippen LogP contribution in [0.1, 0.15) is 12.6 Å². The Balaban J connectivity index is 3.38. The van der Waals surface area contributed by atoms with E-state index in [0.717, 1.165) is 0 Å². The molecular formula is C9H12N2O. The molecule has 0 saturated carbocycles. The predicted octanol–water partition coefficient (Wildman–Crippen LogP) is 0.798. The molecule has 1 aromatic heterocycles. The fraction of sp³-hybridized carbons (Fsp3) is 0.222. The Bertz CT molecular complexity index is 352. The minimum atomic E-state index is -0.0402. The third-order valence-corrected chi connectivity index (χ3v) is 1.69. The highest BCUT2D eigenvalue weighted by atomic mass is 16.1. The van der Waals surface area contributed by atoms with Crippen LogP contribution in [0.2, 0.25) is 0 Å². The van der Waals surface area contributed by atoms with E-state index in [9.17, 15) is 4.79 Å². The van der Waals surface area contributed by atoms with Gasteiger partial charge in [0.2, 0.25) is 0 Å². The van der Waals surface area contributed by atoms with Crippen molar-refractivity contribution in [2.45, 2.75) is 13.5 Å². The molecule has 1 heterocycles. The van der Waals surface area contributed by atoms with Gasteiger partial charge in [0.1, 0.15) is 0 Å². The van der Waals surface area contributed by atoms with Crippen LogP contribution in [0.4, 0.5) is 0 Å². The molecule has 1 aromatic rings. The van der Waals surface area contributed by atoms with Crippen LogP contribution >= 0.6 is 0 Å². The summed E-state index contributed by atoms with van der Waals surface area (Å²) in [6.45, 7) is 6.11. The monoisotopic (exact) mass is 164 g/mol. The summed E-state index contributed by atoms with van der Waals surface area (Å²) in [6.07, 6.45) is 0. The summed E-state index contributed by atoms with van der Waals surface area (Å²) in [5, 5.41) is 0. The Hall–Kier alpha value is -1.51. The lowest BCUT2D eigenvalue weighted by Gasteiger charge is -2.08. The smallest absolute Gasteiger partial charge is 0.251 e. The molecule has 64 valence electrons. The van der Waals surface area contributed by atoms with Gasteiger partial charge in [0.15, 0.2) is 0 Å². The molecular weight excluding hydrogens is 152 g/mol. The average Bonchev–Trinajstić information content (AvgIpc) is 2.03. The SMILES string of the molecule is C=C(N)c1cccc(=O)n1CC. The summed E-state index contributed by atoms with van der Waals surface area (Å²) in [7, 11) is 0. The molecule has 0 amide bonds. The van der Waals surface area contributed by atoms with Crippen LogP contribution < -0.4 is 11.3 Å². The molecule has 0 spiro atoms. The van der Waals surface area contributed by atoms with Crippen molar-refractivity contribution in [3.05, 3.63) is 40.8 Å². The highest BCUT2D eigenvalue weighted by Gasteiger charge is 2.00. The van der Waals surface area contributed by atoms with E-state index < -0.39 is 0 Å². The van der Waals surface area contributed by atoms with E-state index in [1.165, 1.54) is 6.07 Å². The molecule has 2 N–H and O–H groups in total. The maximum Gasteiger partial charge on any atom is 0.251 e. The molecule has 3 heteroatoms. The fourth-order valence-corrected chi connectivity index (χ4v) is 1.13. The van der Waals surface area contributed by atoms with Crippen molar-refractivity contribution >= 4 is 5.70 Å². The van der Waals surface area contributed by atoms with Crippen molar-refractivity contribution < 1.29 is 0 Å². The molecule has 0 aliphatic carbocycles. The van der Waals surface area contributed by atoms with Gasteiger partial charge in [-0.3, -0.25) is 4.79 Å². The molecule has 0 fully saturated rings. The lowest BCUT2D eigenvalue weighted by Crippen LogP contribution is -2.22. The standard InChI is InChI=1S/C9H12N2O/c1-3-11-8(7(2)10)5-4-6-9(11)12/h4-6H,2-3,10H2,1H3. The molecule has 0 aliphatic heterocycles. The number of nitrogens with zero attached hydrogens (tertiary/aromatic N) is 1. The molecule has 0 atom stereocenters. The zero-order valence-electron chi connectivity index (χ0n) is 7.08. The maximum absolute atomic E-state index is 11.2. The fourth-order valence-electron chi connectivity index (χ4n) is 1.13. The summed E-state index contributed by atoms with van der Waals surface area (Å²) in [5.41, 5.74) is 6.59. The van der Waals surface area contributed by atoms with Crippen LogP contribution in [0.25, 0.3) is 5.70 Å². The van der Waals surface area contributed by atoms with Crippen molar-refractivity contribution in [2.75, 3.05) is 0 Å². The lowest BCUT2D eigenvalue weighted by atomic mass is 10.3. The van der Waals surface area contributed by atoms with Gasteiger partial charge in [-0.25, -0.2) is 0 Å². The summed E-state index contributed by atoms with van der Waals surface area (Å²) in [4.78, 5) is 11.2. The van der Waals surface area contributed by atoms with Crippen molar-refractivity contribution in [3.63, 3.8) is 0 Å². The zero-order valence-corrected chi connectivity index (χ0v) is 7.08. The van der Waals surface area contributed by atoms with Gasteiger partial charge in [-0.15, -0.1) is 0 Å². The van der Waals surface area contributed by atoms with E-state index in [1.807, 2.05) is 6.92 Å². The Morgan fingerprint density at radius 2 is 2.33 bits per heavy atom. The van der Waals surface area contributed by atoms with Gasteiger partial charge in [-0.1, -0.05) is 12.6 Å². The molecule has 12 heavy (non-hydrogen) atoms. The maximum atomic E-state index is 11.2. The number of hydrogen-bond acceptors (Lipinski definition) is 2. The van der Waals surface area contributed by atoms with E-state index in [-0.39, 0.29) is 5.56 Å². The summed E-state index contributed by atoms with van der Waals surface area (Å²) < 4.78 is 1.59. The Kier molecular flexibility index (Phi) is 2.33. The molecule has 3 nitrogen and oxygen atoms in total. The molecule has 0 saturated heterocycles. The second kappa shape index (κ2) is 3.26. The number of nitrogens with two attached hydrogens (primary N) is 1. The van der Waals surface area contributed by atoms with Gasteiger partial charge in [0.25, 0.3) is 5.56 Å². The minimum Gasteiger partial charge on any atom is -0.398 e. The van der Waals surface area contributed by atoms with E-state index in [4.69, 9.17) is 5.73 Å². The number of pyridine rings is 1. The van der Waals surface area contributed by atoms with Crippen LogP contribution in [0.15, 0.2) is 29.6 Å². The Morgan fingerprint density at radius 1 is 1.67 bits per heavy atom. The first-order chi connectivity index (χ1) is 5.66. The molecule has 0 bridgehead atoms. The summed E-state index contributed by atoms with van der Waals surface area (Å²) in [5.74, 6) is 0. The highest BCUT2D eigenvalue weighted by molar-refractivity contribution is 5.56. The third kappa shape index (κ3) is 1.39. The molecule has 0 aliphatic rings. The summed E-state index contributed by atoms with van der Waals surface area (Å²) in [6, 6.07) is 4.98. The van der Waals surface area contributed by atoms with Crippen LogP contribution in [-0.4, -0.2) is 4.57 Å². The number of rotatable bonds is 2. The largest absolute Gasteiger partial charge is 0.398 e. The molecule has 0 aromatic carbocycles. The third-order valence-electron chi connectivity index (χ3n) is 1.69. The van der Waals surface area contributed by atoms with Crippen LogP contribution in [-0.2, 0) is 6.54 Å². The zero-order chi connectivity index (χ0) is 9.14. The Labute approximate surface area is 71.1 Å². The first-order valence-electron chi connectivity index (χ1n) is 3.81. The second-order valence-electron chi connectivity index (χ2n) is 2.52. The second-order valence-corrected chi connectivity index (χ2v) is 2.52. The topological polar surface area (TPSA) is 48.0 Å². The van der Waals surface area contributed by atoms with E-state index >= 15 is 0 Å². The van der Waals surface area contributed by atoms with Crippen molar-refractivity contribution in [3.8, 4) is 0 Å². The quantitative estimate of drug-likeness (QED) is 0.702. The van der Waals surface area contributed by atoms with Gasteiger partial charge in [0.05, 0.1) is 5.69 Å². The Morgan fingerprint density at radius 3 is 2.75 bits per heavy atom. The van der Waals surface area contributed by atoms with E-state index in [0.29, 0.717) is 17.9 Å². The molecule has 1 rings (SSSR count). The number of aromatic nitrogens is 1. The van der Waals surface area contributed by atoms with Gasteiger partial charge < -0.3 is 10.3 Å². The first kappa shape index (κ1) is 8.59. The minimum absolute atomic E-state index is 0.0402. The first-order valence-corrected chi connectivity index (χ1v) is 3.81.